The van der Waals surface area contributed by atoms with Crippen LogP contribution < -0.4 is 15.2 Å². The number of sulfonamides is 1. The van der Waals surface area contributed by atoms with Crippen molar-refractivity contribution in [2.24, 2.45) is 0 Å². The van der Waals surface area contributed by atoms with Crippen molar-refractivity contribution in [3.8, 4) is 5.75 Å². The van der Waals surface area contributed by atoms with E-state index in [9.17, 15) is 8.42 Å². The second kappa shape index (κ2) is 8.51. The van der Waals surface area contributed by atoms with E-state index >= 15 is 0 Å². The molecule has 0 amide bonds. The Balaban J connectivity index is 2.89. The minimum atomic E-state index is -3.64. The molecular formula is C14H24N2O3S2. The SMILES string of the molecule is CCOc1ccc(N)cc1S(=O)(=O)NC(C)CCSCC. The molecule has 0 heterocycles. The van der Waals surface area contributed by atoms with Crippen molar-refractivity contribution in [1.29, 1.82) is 0 Å². The minimum Gasteiger partial charge on any atom is -0.492 e. The van der Waals surface area contributed by atoms with Gasteiger partial charge in [-0.1, -0.05) is 6.92 Å². The number of nitrogens with one attached hydrogen (secondary N) is 1. The van der Waals surface area contributed by atoms with Gasteiger partial charge in [-0.2, -0.15) is 11.8 Å². The summed E-state index contributed by atoms with van der Waals surface area (Å²) in [6.07, 6.45) is 0.782. The molecule has 0 saturated carbocycles. The van der Waals surface area contributed by atoms with Gasteiger partial charge in [-0.25, -0.2) is 13.1 Å². The first-order valence-corrected chi connectivity index (χ1v) is 9.66. The summed E-state index contributed by atoms with van der Waals surface area (Å²) in [5, 5.41) is 0. The molecule has 1 aromatic rings. The van der Waals surface area contributed by atoms with E-state index in [2.05, 4.69) is 11.6 Å². The van der Waals surface area contributed by atoms with Crippen LogP contribution in [0.15, 0.2) is 23.1 Å². The van der Waals surface area contributed by atoms with Crippen LogP contribution in [0, 0.1) is 0 Å². The average Bonchev–Trinajstić information content (AvgIpc) is 2.40. The summed E-state index contributed by atoms with van der Waals surface area (Å²) >= 11 is 1.79. The molecule has 1 unspecified atom stereocenters. The van der Waals surface area contributed by atoms with Crippen LogP contribution in [0.2, 0.25) is 0 Å². The first kappa shape index (κ1) is 18.1. The van der Waals surface area contributed by atoms with Crippen LogP contribution in [-0.4, -0.2) is 32.6 Å². The van der Waals surface area contributed by atoms with Gasteiger partial charge >= 0.3 is 0 Å². The van der Waals surface area contributed by atoms with Crippen molar-refractivity contribution in [3.63, 3.8) is 0 Å². The highest BCUT2D eigenvalue weighted by atomic mass is 32.2. The molecule has 21 heavy (non-hydrogen) atoms. The molecule has 0 aliphatic carbocycles. The summed E-state index contributed by atoms with van der Waals surface area (Å²) in [6, 6.07) is 4.52. The number of ether oxygens (including phenoxy) is 1. The number of nitrogen functional groups attached to an aromatic ring is 1. The van der Waals surface area contributed by atoms with E-state index in [-0.39, 0.29) is 10.9 Å². The molecule has 1 aromatic carbocycles. The van der Waals surface area contributed by atoms with E-state index in [0.717, 1.165) is 17.9 Å². The molecule has 5 nitrogen and oxygen atoms in total. The number of rotatable bonds is 9. The fourth-order valence-electron chi connectivity index (χ4n) is 1.80. The Kier molecular flexibility index (Phi) is 7.34. The largest absolute Gasteiger partial charge is 0.492 e. The van der Waals surface area contributed by atoms with Crippen LogP contribution in [0.4, 0.5) is 5.69 Å². The molecule has 0 bridgehead atoms. The summed E-state index contributed by atoms with van der Waals surface area (Å²) in [5.41, 5.74) is 6.09. The standard InChI is InChI=1S/C14H24N2O3S2/c1-4-19-13-7-6-12(15)10-14(13)21(17,18)16-11(3)8-9-20-5-2/h6-7,10-11,16H,4-5,8-9,15H2,1-3H3. The summed E-state index contributed by atoms with van der Waals surface area (Å²) in [4.78, 5) is 0.0966. The number of anilines is 1. The molecule has 0 saturated heterocycles. The van der Waals surface area contributed by atoms with Crippen LogP contribution in [0.1, 0.15) is 27.2 Å². The van der Waals surface area contributed by atoms with Crippen LogP contribution in [0.25, 0.3) is 0 Å². The van der Waals surface area contributed by atoms with Crippen molar-refractivity contribution in [2.45, 2.75) is 38.1 Å². The fraction of sp³-hybridized carbons (Fsp3) is 0.571. The Hall–Kier alpha value is -0.920. The van der Waals surface area contributed by atoms with Gasteiger partial charge in [-0.3, -0.25) is 0 Å². The molecule has 0 aliphatic rings. The van der Waals surface area contributed by atoms with Gasteiger partial charge in [0.1, 0.15) is 10.6 Å². The fourth-order valence-corrected chi connectivity index (χ4v) is 4.07. The molecule has 120 valence electrons. The van der Waals surface area contributed by atoms with E-state index in [1.165, 1.54) is 6.07 Å². The minimum absolute atomic E-state index is 0.0966. The molecule has 0 aromatic heterocycles. The average molecular weight is 332 g/mol. The van der Waals surface area contributed by atoms with Crippen molar-refractivity contribution in [3.05, 3.63) is 18.2 Å². The van der Waals surface area contributed by atoms with E-state index in [4.69, 9.17) is 10.5 Å². The Morgan fingerprint density at radius 2 is 2.10 bits per heavy atom. The maximum atomic E-state index is 12.5. The quantitative estimate of drug-likeness (QED) is 0.536. The lowest BCUT2D eigenvalue weighted by Crippen LogP contribution is -2.33. The number of benzene rings is 1. The third-order valence-electron chi connectivity index (χ3n) is 2.81. The van der Waals surface area contributed by atoms with Crippen LogP contribution in [-0.2, 0) is 10.0 Å². The van der Waals surface area contributed by atoms with Crippen molar-refractivity contribution < 1.29 is 13.2 Å². The third kappa shape index (κ3) is 5.76. The third-order valence-corrected chi connectivity index (χ3v) is 5.36. The predicted molar refractivity (Wildman–Crippen MR) is 89.4 cm³/mol. The van der Waals surface area contributed by atoms with Crippen LogP contribution in [0.3, 0.4) is 0 Å². The van der Waals surface area contributed by atoms with Gasteiger partial charge in [0, 0.05) is 11.7 Å². The zero-order chi connectivity index (χ0) is 15.9. The number of nitrogens with two attached hydrogens (primary N) is 1. The predicted octanol–water partition coefficient (Wildman–Crippen LogP) is 2.48. The molecule has 1 rings (SSSR count). The van der Waals surface area contributed by atoms with Gasteiger partial charge in [0.2, 0.25) is 10.0 Å². The Labute approximate surface area is 131 Å². The lowest BCUT2D eigenvalue weighted by Gasteiger charge is -2.16. The molecular weight excluding hydrogens is 308 g/mol. The monoisotopic (exact) mass is 332 g/mol. The second-order valence-electron chi connectivity index (χ2n) is 4.65. The zero-order valence-corrected chi connectivity index (χ0v) is 14.4. The van der Waals surface area contributed by atoms with Crippen molar-refractivity contribution in [1.82, 2.24) is 4.72 Å². The Morgan fingerprint density at radius 1 is 1.38 bits per heavy atom. The first-order chi connectivity index (χ1) is 9.90. The number of hydrogen-bond donors (Lipinski definition) is 2. The van der Waals surface area contributed by atoms with E-state index < -0.39 is 10.0 Å². The molecule has 0 aliphatic heterocycles. The van der Waals surface area contributed by atoms with E-state index in [1.54, 1.807) is 23.9 Å². The Bertz CT molecular complexity index is 547. The van der Waals surface area contributed by atoms with Gasteiger partial charge in [0.15, 0.2) is 0 Å². The van der Waals surface area contributed by atoms with Gasteiger partial charge in [-0.15, -0.1) is 0 Å². The highest BCUT2D eigenvalue weighted by molar-refractivity contribution is 7.99. The molecule has 1 atom stereocenters. The topological polar surface area (TPSA) is 81.4 Å². The molecule has 0 radical (unpaired) electrons. The van der Waals surface area contributed by atoms with Gasteiger partial charge in [0.25, 0.3) is 0 Å². The number of thioether (sulfide) groups is 1. The van der Waals surface area contributed by atoms with Gasteiger partial charge in [-0.05, 0) is 50.0 Å². The number of hydrogen-bond acceptors (Lipinski definition) is 5. The summed E-state index contributed by atoms with van der Waals surface area (Å²) in [7, 11) is -3.64. The van der Waals surface area contributed by atoms with Crippen LogP contribution >= 0.6 is 11.8 Å². The summed E-state index contributed by atoms with van der Waals surface area (Å²) < 4.78 is 33.0. The normalized spacial score (nSPS) is 13.1. The van der Waals surface area contributed by atoms with E-state index in [0.29, 0.717) is 18.0 Å². The maximum Gasteiger partial charge on any atom is 0.244 e. The van der Waals surface area contributed by atoms with E-state index in [1.807, 2.05) is 13.8 Å². The highest BCUT2D eigenvalue weighted by Gasteiger charge is 2.22. The Morgan fingerprint density at radius 3 is 2.71 bits per heavy atom. The van der Waals surface area contributed by atoms with Crippen molar-refractivity contribution >= 4 is 27.5 Å². The lowest BCUT2D eigenvalue weighted by atomic mass is 10.3. The van der Waals surface area contributed by atoms with Gasteiger partial charge in [0.05, 0.1) is 6.61 Å². The molecule has 3 N–H and O–H groups in total. The summed E-state index contributed by atoms with van der Waals surface area (Å²) in [6.45, 7) is 6.15. The zero-order valence-electron chi connectivity index (χ0n) is 12.8. The molecule has 0 fully saturated rings. The molecule has 7 heteroatoms. The first-order valence-electron chi connectivity index (χ1n) is 7.03. The second-order valence-corrected chi connectivity index (χ2v) is 7.72. The van der Waals surface area contributed by atoms with Crippen LogP contribution in [0.5, 0.6) is 5.75 Å². The lowest BCUT2D eigenvalue weighted by molar-refractivity contribution is 0.331. The smallest absolute Gasteiger partial charge is 0.244 e. The highest BCUT2D eigenvalue weighted by Crippen LogP contribution is 2.26. The van der Waals surface area contributed by atoms with Gasteiger partial charge < -0.3 is 10.5 Å². The molecule has 0 spiro atoms. The maximum absolute atomic E-state index is 12.5. The van der Waals surface area contributed by atoms with Crippen molar-refractivity contribution in [2.75, 3.05) is 23.8 Å². The summed E-state index contributed by atoms with van der Waals surface area (Å²) in [5.74, 6) is 2.29.